The third-order valence-electron chi connectivity index (χ3n) is 2.72. The van der Waals surface area contributed by atoms with Crippen LogP contribution in [0, 0.1) is 0 Å². The van der Waals surface area contributed by atoms with Crippen molar-refractivity contribution in [2.24, 2.45) is 0 Å². The van der Waals surface area contributed by atoms with Crippen LogP contribution in [0.3, 0.4) is 0 Å². The van der Waals surface area contributed by atoms with E-state index < -0.39 is 23.1 Å². The van der Waals surface area contributed by atoms with Crippen LogP contribution >= 0.6 is 0 Å². The van der Waals surface area contributed by atoms with Gasteiger partial charge in [-0.05, 0) is 24.3 Å². The summed E-state index contributed by atoms with van der Waals surface area (Å²) < 4.78 is 38.0. The van der Waals surface area contributed by atoms with Crippen LogP contribution in [0.15, 0.2) is 23.1 Å². The molecule has 1 aromatic carbocycles. The summed E-state index contributed by atoms with van der Waals surface area (Å²) in [5, 5.41) is 0. The average molecular weight is 254 g/mol. The predicted molar refractivity (Wildman–Crippen MR) is 60.6 cm³/mol. The molecule has 0 N–H and O–H groups in total. The number of fused-ring (bicyclic) bond motifs is 2. The molecule has 90 valence electrons. The van der Waals surface area contributed by atoms with Crippen LogP contribution in [0.1, 0.15) is 5.56 Å². The summed E-state index contributed by atoms with van der Waals surface area (Å²) in [7, 11) is -1.10. The topological polar surface area (TPSA) is 65.1 Å². The summed E-state index contributed by atoms with van der Waals surface area (Å²) in [6, 6.07) is 5.23. The van der Waals surface area contributed by atoms with Crippen molar-refractivity contribution < 1.29 is 22.6 Å². The second-order valence-electron chi connectivity index (χ2n) is 3.77. The SMILES string of the molecule is COc1ccc2c(c1)C=C([SH](=O)=O)C1OC1O2. The van der Waals surface area contributed by atoms with E-state index in [2.05, 4.69) is 0 Å². The Balaban J connectivity index is 2.12. The van der Waals surface area contributed by atoms with Crippen LogP contribution < -0.4 is 9.47 Å². The van der Waals surface area contributed by atoms with Gasteiger partial charge in [-0.3, -0.25) is 0 Å². The molecule has 0 bridgehead atoms. The zero-order valence-corrected chi connectivity index (χ0v) is 9.85. The minimum absolute atomic E-state index is 0.247. The Labute approximate surface area is 99.6 Å². The highest BCUT2D eigenvalue weighted by Gasteiger charge is 2.47. The minimum Gasteiger partial charge on any atom is -0.497 e. The monoisotopic (exact) mass is 254 g/mol. The van der Waals surface area contributed by atoms with E-state index >= 15 is 0 Å². The molecule has 0 radical (unpaired) electrons. The number of benzene rings is 1. The van der Waals surface area contributed by atoms with Crippen LogP contribution in [-0.2, 0) is 15.4 Å². The van der Waals surface area contributed by atoms with Crippen LogP contribution in [0.25, 0.3) is 6.08 Å². The molecule has 2 aliphatic rings. The molecule has 1 aromatic rings. The lowest BCUT2D eigenvalue weighted by molar-refractivity contribution is 0.178. The van der Waals surface area contributed by atoms with E-state index in [0.29, 0.717) is 17.1 Å². The molecule has 6 heteroatoms. The number of rotatable bonds is 2. The highest BCUT2D eigenvalue weighted by molar-refractivity contribution is 7.77. The Kier molecular flexibility index (Phi) is 2.34. The lowest BCUT2D eigenvalue weighted by Crippen LogP contribution is -2.04. The van der Waals surface area contributed by atoms with Crippen molar-refractivity contribution in [2.45, 2.75) is 12.4 Å². The van der Waals surface area contributed by atoms with Crippen molar-refractivity contribution in [3.63, 3.8) is 0 Å². The number of hydrogen-bond acceptors (Lipinski definition) is 5. The molecule has 0 saturated carbocycles. The smallest absolute Gasteiger partial charge is 0.232 e. The molecule has 5 nitrogen and oxygen atoms in total. The second-order valence-corrected chi connectivity index (χ2v) is 4.80. The molecule has 1 fully saturated rings. The first-order valence-electron chi connectivity index (χ1n) is 5.05. The maximum absolute atomic E-state index is 11.1. The molecule has 0 aliphatic carbocycles. The summed E-state index contributed by atoms with van der Waals surface area (Å²) >= 11 is 0. The Morgan fingerprint density at radius 2 is 2.18 bits per heavy atom. The van der Waals surface area contributed by atoms with Crippen molar-refractivity contribution in [1.29, 1.82) is 0 Å². The quantitative estimate of drug-likeness (QED) is 0.623. The van der Waals surface area contributed by atoms with E-state index in [0.717, 1.165) is 0 Å². The molecular formula is C11H10O5S. The van der Waals surface area contributed by atoms with Crippen LogP contribution in [-0.4, -0.2) is 27.9 Å². The van der Waals surface area contributed by atoms with Crippen LogP contribution in [0.2, 0.25) is 0 Å². The molecule has 2 aliphatic heterocycles. The molecule has 3 rings (SSSR count). The Morgan fingerprint density at radius 3 is 2.88 bits per heavy atom. The van der Waals surface area contributed by atoms with Gasteiger partial charge in [-0.15, -0.1) is 0 Å². The molecule has 0 spiro atoms. The average Bonchev–Trinajstić information content (AvgIpc) is 3.05. The molecule has 2 heterocycles. The molecule has 1 saturated heterocycles. The summed E-state index contributed by atoms with van der Waals surface area (Å²) in [4.78, 5) is 0.247. The normalized spacial score (nSPS) is 25.2. The van der Waals surface area contributed by atoms with Gasteiger partial charge in [-0.2, -0.15) is 0 Å². The maximum atomic E-state index is 11.1. The number of epoxide rings is 1. The van der Waals surface area contributed by atoms with E-state index in [4.69, 9.17) is 14.2 Å². The van der Waals surface area contributed by atoms with Gasteiger partial charge in [-0.1, -0.05) is 0 Å². The Morgan fingerprint density at radius 1 is 1.35 bits per heavy atom. The maximum Gasteiger partial charge on any atom is 0.232 e. The van der Waals surface area contributed by atoms with Crippen molar-refractivity contribution in [2.75, 3.05) is 7.11 Å². The highest BCUT2D eigenvalue weighted by atomic mass is 32.2. The van der Waals surface area contributed by atoms with E-state index in [1.165, 1.54) is 0 Å². The van der Waals surface area contributed by atoms with Gasteiger partial charge in [0.15, 0.2) is 16.8 Å². The van der Waals surface area contributed by atoms with E-state index in [-0.39, 0.29) is 4.91 Å². The van der Waals surface area contributed by atoms with Gasteiger partial charge in [0.1, 0.15) is 11.5 Å². The Bertz CT molecular complexity index is 567. The van der Waals surface area contributed by atoms with Gasteiger partial charge in [0.05, 0.1) is 12.0 Å². The standard InChI is InChI=1S/C11H10O5S/c1-14-7-2-3-8-6(4-7)5-9(17(12)13)10-11(15-8)16-10/h2-5,10-11,17H,1H3. The van der Waals surface area contributed by atoms with Gasteiger partial charge in [0.25, 0.3) is 0 Å². The molecule has 17 heavy (non-hydrogen) atoms. The largest absolute Gasteiger partial charge is 0.497 e. The Hall–Kier alpha value is -1.53. The van der Waals surface area contributed by atoms with E-state index in [1.807, 2.05) is 0 Å². The van der Waals surface area contributed by atoms with Crippen LogP contribution in [0.5, 0.6) is 11.5 Å². The lowest BCUT2D eigenvalue weighted by Gasteiger charge is -2.07. The molecular weight excluding hydrogens is 244 g/mol. The van der Waals surface area contributed by atoms with Crippen molar-refractivity contribution in [3.8, 4) is 11.5 Å². The highest BCUT2D eigenvalue weighted by Crippen LogP contribution is 2.39. The fraction of sp³-hybridized carbons (Fsp3) is 0.273. The zero-order chi connectivity index (χ0) is 12.0. The third-order valence-corrected chi connectivity index (χ3v) is 3.52. The lowest BCUT2D eigenvalue weighted by atomic mass is 10.1. The number of thiol groups is 1. The summed E-state index contributed by atoms with van der Waals surface area (Å²) in [5.41, 5.74) is 0.689. The minimum atomic E-state index is -2.66. The molecule has 2 atom stereocenters. The van der Waals surface area contributed by atoms with Gasteiger partial charge in [-0.25, -0.2) is 8.42 Å². The fourth-order valence-electron chi connectivity index (χ4n) is 1.79. The van der Waals surface area contributed by atoms with E-state index in [9.17, 15) is 8.42 Å². The van der Waals surface area contributed by atoms with Crippen LogP contribution in [0.4, 0.5) is 0 Å². The number of methoxy groups -OCH3 is 1. The van der Waals surface area contributed by atoms with Crippen molar-refractivity contribution in [3.05, 3.63) is 28.7 Å². The van der Waals surface area contributed by atoms with Gasteiger partial charge < -0.3 is 14.2 Å². The van der Waals surface area contributed by atoms with Gasteiger partial charge in [0, 0.05) is 5.56 Å². The molecule has 0 aromatic heterocycles. The first-order chi connectivity index (χ1) is 8.19. The zero-order valence-electron chi connectivity index (χ0n) is 8.95. The first kappa shape index (κ1) is 10.6. The number of ether oxygens (including phenoxy) is 3. The van der Waals surface area contributed by atoms with Gasteiger partial charge in [0.2, 0.25) is 6.29 Å². The van der Waals surface area contributed by atoms with Crippen molar-refractivity contribution >= 4 is 16.8 Å². The fourth-order valence-corrected chi connectivity index (χ4v) is 2.43. The summed E-state index contributed by atoms with van der Waals surface area (Å²) in [6.45, 7) is 0. The van der Waals surface area contributed by atoms with E-state index in [1.54, 1.807) is 31.4 Å². The molecule has 2 unspecified atom stereocenters. The number of hydrogen-bond donors (Lipinski definition) is 1. The first-order valence-corrected chi connectivity index (χ1v) is 6.23. The van der Waals surface area contributed by atoms with Crippen molar-refractivity contribution in [1.82, 2.24) is 0 Å². The molecule has 0 amide bonds. The summed E-state index contributed by atoms with van der Waals surface area (Å²) in [5.74, 6) is 1.26. The summed E-state index contributed by atoms with van der Waals surface area (Å²) in [6.07, 6.45) is 0.625. The third kappa shape index (κ3) is 1.79. The van der Waals surface area contributed by atoms with Gasteiger partial charge >= 0.3 is 0 Å². The predicted octanol–water partition coefficient (Wildman–Crippen LogP) is 0.765. The second kappa shape index (κ2) is 3.75.